The van der Waals surface area contributed by atoms with Gasteiger partial charge in [-0.25, -0.2) is 4.79 Å². The average Bonchev–Trinajstić information content (AvgIpc) is 2.42. The van der Waals surface area contributed by atoms with Gasteiger partial charge in [0.1, 0.15) is 5.75 Å². The summed E-state index contributed by atoms with van der Waals surface area (Å²) >= 11 is 6.01. The van der Waals surface area contributed by atoms with Gasteiger partial charge in [-0.2, -0.15) is 0 Å². The molecule has 0 fully saturated rings. The van der Waals surface area contributed by atoms with Gasteiger partial charge in [0, 0.05) is 18.3 Å². The monoisotopic (exact) mass is 290 g/mol. The smallest absolute Gasteiger partial charge is 0.326 e. The molecule has 0 atom stereocenters. The molecule has 0 radical (unpaired) electrons. The number of nitrogens with zero attached hydrogens (tertiary/aromatic N) is 1. The quantitative estimate of drug-likeness (QED) is 0.894. The zero-order valence-corrected chi connectivity index (χ0v) is 11.8. The molecule has 2 aromatic rings. The number of hydrogen-bond donors (Lipinski definition) is 2. The number of halogens is 1. The van der Waals surface area contributed by atoms with E-state index in [4.69, 9.17) is 11.6 Å². The molecule has 2 rings (SSSR count). The molecule has 2 aromatic carbocycles. The Kier molecular flexibility index (Phi) is 4.48. The van der Waals surface area contributed by atoms with E-state index >= 15 is 0 Å². The topological polar surface area (TPSA) is 52.6 Å². The number of urea groups is 1. The molecule has 2 N–H and O–H groups in total. The number of aromatic hydroxyl groups is 1. The molecule has 0 saturated heterocycles. The number of carbonyl (C=O) groups is 1. The molecular formula is C15H15ClN2O2. The van der Waals surface area contributed by atoms with Crippen LogP contribution < -0.4 is 10.2 Å². The molecule has 0 heterocycles. The molecule has 20 heavy (non-hydrogen) atoms. The van der Waals surface area contributed by atoms with Gasteiger partial charge in [-0.15, -0.1) is 0 Å². The number of nitrogens with one attached hydrogen (secondary N) is 1. The van der Waals surface area contributed by atoms with Crippen LogP contribution in [-0.2, 0) is 0 Å². The van der Waals surface area contributed by atoms with Gasteiger partial charge in [-0.05, 0) is 31.2 Å². The van der Waals surface area contributed by atoms with Crippen molar-refractivity contribution < 1.29 is 9.90 Å². The summed E-state index contributed by atoms with van der Waals surface area (Å²) in [6.45, 7) is 2.33. The first-order chi connectivity index (χ1) is 9.61. The lowest BCUT2D eigenvalue weighted by atomic mass is 10.2. The van der Waals surface area contributed by atoms with Gasteiger partial charge < -0.3 is 10.4 Å². The summed E-state index contributed by atoms with van der Waals surface area (Å²) in [5.74, 6) is 0.117. The maximum atomic E-state index is 12.3. The van der Waals surface area contributed by atoms with Crippen LogP contribution in [0.4, 0.5) is 16.2 Å². The van der Waals surface area contributed by atoms with Gasteiger partial charge in [-0.3, -0.25) is 4.90 Å². The van der Waals surface area contributed by atoms with E-state index in [1.165, 1.54) is 11.0 Å². The van der Waals surface area contributed by atoms with E-state index in [9.17, 15) is 9.90 Å². The molecule has 0 aliphatic rings. The fraction of sp³-hybridized carbons (Fsp3) is 0.133. The van der Waals surface area contributed by atoms with Crippen LogP contribution in [0, 0.1) is 0 Å². The number of phenolic OH excluding ortho intramolecular Hbond substituents is 1. The molecule has 0 aromatic heterocycles. The Morgan fingerprint density at radius 1 is 1.25 bits per heavy atom. The van der Waals surface area contributed by atoms with Crippen molar-refractivity contribution in [1.29, 1.82) is 0 Å². The van der Waals surface area contributed by atoms with E-state index in [2.05, 4.69) is 5.32 Å². The highest BCUT2D eigenvalue weighted by Crippen LogP contribution is 2.23. The first kappa shape index (κ1) is 14.2. The van der Waals surface area contributed by atoms with Crippen LogP contribution in [0.2, 0.25) is 5.02 Å². The zero-order chi connectivity index (χ0) is 14.5. The van der Waals surface area contributed by atoms with E-state index in [1.807, 2.05) is 6.92 Å². The largest absolute Gasteiger partial charge is 0.508 e. The summed E-state index contributed by atoms with van der Waals surface area (Å²) in [4.78, 5) is 13.8. The molecule has 2 amide bonds. The number of para-hydroxylation sites is 1. The van der Waals surface area contributed by atoms with Crippen molar-refractivity contribution in [3.8, 4) is 5.75 Å². The molecule has 4 nitrogen and oxygen atoms in total. The van der Waals surface area contributed by atoms with Crippen molar-refractivity contribution in [2.24, 2.45) is 0 Å². The van der Waals surface area contributed by atoms with Gasteiger partial charge >= 0.3 is 6.03 Å². The normalized spacial score (nSPS) is 10.1. The second-order valence-corrected chi connectivity index (χ2v) is 4.58. The van der Waals surface area contributed by atoms with Gasteiger partial charge in [-0.1, -0.05) is 29.8 Å². The number of amides is 2. The van der Waals surface area contributed by atoms with Crippen LogP contribution in [0.25, 0.3) is 0 Å². The Balaban J connectivity index is 2.20. The lowest BCUT2D eigenvalue weighted by Gasteiger charge is -2.22. The Morgan fingerprint density at radius 3 is 2.65 bits per heavy atom. The minimum Gasteiger partial charge on any atom is -0.508 e. The third-order valence-corrected chi connectivity index (χ3v) is 3.15. The first-order valence-corrected chi connectivity index (χ1v) is 6.61. The van der Waals surface area contributed by atoms with Gasteiger partial charge in [0.15, 0.2) is 0 Å². The van der Waals surface area contributed by atoms with Crippen molar-refractivity contribution in [3.05, 3.63) is 53.6 Å². The lowest BCUT2D eigenvalue weighted by Crippen LogP contribution is -2.34. The summed E-state index contributed by atoms with van der Waals surface area (Å²) < 4.78 is 0. The number of benzene rings is 2. The number of rotatable bonds is 3. The van der Waals surface area contributed by atoms with Gasteiger partial charge in [0.25, 0.3) is 0 Å². The van der Waals surface area contributed by atoms with Gasteiger partial charge in [0.05, 0.1) is 10.7 Å². The Bertz CT molecular complexity index is 616. The van der Waals surface area contributed by atoms with E-state index in [0.29, 0.717) is 22.9 Å². The zero-order valence-electron chi connectivity index (χ0n) is 11.0. The minimum atomic E-state index is -0.300. The fourth-order valence-electron chi connectivity index (χ4n) is 1.85. The Labute approximate surface area is 122 Å². The number of carbonyl (C=O) groups excluding carboxylic acids is 1. The van der Waals surface area contributed by atoms with E-state index in [-0.39, 0.29) is 11.8 Å². The molecule has 104 valence electrons. The third-order valence-electron chi connectivity index (χ3n) is 2.82. The minimum absolute atomic E-state index is 0.117. The molecule has 0 spiro atoms. The summed E-state index contributed by atoms with van der Waals surface area (Å²) in [5.41, 5.74) is 1.18. The molecule has 0 unspecified atom stereocenters. The maximum Gasteiger partial charge on any atom is 0.326 e. The predicted octanol–water partition coefficient (Wildman–Crippen LogP) is 4.10. The molecule has 0 bridgehead atoms. The van der Waals surface area contributed by atoms with Crippen molar-refractivity contribution >= 4 is 29.0 Å². The molecule has 0 aliphatic carbocycles. The van der Waals surface area contributed by atoms with Crippen LogP contribution in [0.15, 0.2) is 48.5 Å². The maximum absolute atomic E-state index is 12.3. The second-order valence-electron chi connectivity index (χ2n) is 4.17. The summed E-state index contributed by atoms with van der Waals surface area (Å²) in [5, 5.41) is 12.7. The van der Waals surface area contributed by atoms with Crippen molar-refractivity contribution in [1.82, 2.24) is 0 Å². The van der Waals surface area contributed by atoms with Gasteiger partial charge in [0.2, 0.25) is 0 Å². The van der Waals surface area contributed by atoms with E-state index < -0.39 is 0 Å². The van der Waals surface area contributed by atoms with Crippen molar-refractivity contribution in [3.63, 3.8) is 0 Å². The number of phenols is 1. The molecule has 0 saturated carbocycles. The third kappa shape index (κ3) is 3.22. The van der Waals surface area contributed by atoms with E-state index in [1.54, 1.807) is 42.5 Å². The number of anilines is 2. The second kappa shape index (κ2) is 6.30. The van der Waals surface area contributed by atoms with Crippen LogP contribution in [0.1, 0.15) is 6.92 Å². The molecule has 5 heteroatoms. The standard InChI is InChI=1S/C15H15ClN2O2/c1-2-18(11-6-5-7-12(19)10-11)15(20)17-14-9-4-3-8-13(14)16/h3-10,19H,2H2,1H3,(H,17,20). The lowest BCUT2D eigenvalue weighted by molar-refractivity contribution is 0.257. The Hall–Kier alpha value is -2.20. The van der Waals surface area contributed by atoms with Crippen LogP contribution in [0.5, 0.6) is 5.75 Å². The summed E-state index contributed by atoms with van der Waals surface area (Å²) in [6, 6.07) is 13.3. The molecule has 0 aliphatic heterocycles. The van der Waals surface area contributed by atoms with Crippen molar-refractivity contribution in [2.45, 2.75) is 6.92 Å². The Morgan fingerprint density at radius 2 is 2.00 bits per heavy atom. The van der Waals surface area contributed by atoms with Crippen LogP contribution in [-0.4, -0.2) is 17.7 Å². The number of hydrogen-bond acceptors (Lipinski definition) is 2. The van der Waals surface area contributed by atoms with Crippen LogP contribution in [0.3, 0.4) is 0 Å². The SMILES string of the molecule is CCN(C(=O)Nc1ccccc1Cl)c1cccc(O)c1. The highest BCUT2D eigenvalue weighted by atomic mass is 35.5. The first-order valence-electron chi connectivity index (χ1n) is 6.24. The molecular weight excluding hydrogens is 276 g/mol. The highest BCUT2D eigenvalue weighted by molar-refractivity contribution is 6.33. The fourth-order valence-corrected chi connectivity index (χ4v) is 2.03. The predicted molar refractivity (Wildman–Crippen MR) is 81.6 cm³/mol. The summed E-state index contributed by atoms with van der Waals surface area (Å²) in [6.07, 6.45) is 0. The average molecular weight is 291 g/mol. The summed E-state index contributed by atoms with van der Waals surface area (Å²) in [7, 11) is 0. The highest BCUT2D eigenvalue weighted by Gasteiger charge is 2.15. The van der Waals surface area contributed by atoms with Crippen LogP contribution >= 0.6 is 11.6 Å². The van der Waals surface area contributed by atoms with Crippen molar-refractivity contribution in [2.75, 3.05) is 16.8 Å². The van der Waals surface area contributed by atoms with E-state index in [0.717, 1.165) is 0 Å².